The number of hydrogen-bond donors (Lipinski definition) is 1. The van der Waals surface area contributed by atoms with E-state index in [0.29, 0.717) is 17.4 Å². The second kappa shape index (κ2) is 17.1. The van der Waals surface area contributed by atoms with Crippen LogP contribution in [0.1, 0.15) is 121 Å². The fourth-order valence-electron chi connectivity index (χ4n) is 5.59. The molecule has 1 aromatic carbocycles. The first-order valence-corrected chi connectivity index (χ1v) is 19.7. The Hall–Kier alpha value is -0.447. The van der Waals surface area contributed by atoms with Crippen molar-refractivity contribution in [3.8, 4) is 5.75 Å². The van der Waals surface area contributed by atoms with Crippen molar-refractivity contribution in [2.24, 2.45) is 16.8 Å². The fourth-order valence-corrected chi connectivity index (χ4v) is 5.59. The Labute approximate surface area is 230 Å². The molecule has 3 rings (SSSR count). The Bertz CT molecular complexity index is 797. The molecule has 2 saturated carbocycles. The van der Waals surface area contributed by atoms with Crippen molar-refractivity contribution in [1.82, 2.24) is 0 Å². The third-order valence-electron chi connectivity index (χ3n) is 7.98. The van der Waals surface area contributed by atoms with E-state index in [1.807, 2.05) is 0 Å². The minimum atomic E-state index is -0.826. The monoisotopic (exact) mass is 602 g/mol. The molecule has 2 fully saturated rings. The van der Waals surface area contributed by atoms with Crippen LogP contribution in [0.4, 0.5) is 5.69 Å². The van der Waals surface area contributed by atoms with Crippen LogP contribution in [0.3, 0.4) is 0 Å². The molecule has 0 heterocycles. The summed E-state index contributed by atoms with van der Waals surface area (Å²) in [6, 6.07) is 3.34. The van der Waals surface area contributed by atoms with E-state index in [9.17, 15) is 15.2 Å². The Balaban J connectivity index is 0.00000137. The minimum absolute atomic E-state index is 0.0652. The normalized spacial score (nSPS) is 25.1. The van der Waals surface area contributed by atoms with Crippen molar-refractivity contribution in [2.75, 3.05) is 0 Å². The molecule has 1 N–H and O–H groups in total. The van der Waals surface area contributed by atoms with E-state index < -0.39 is 20.8 Å². The quantitative estimate of drug-likeness (QED) is 0.211. The van der Waals surface area contributed by atoms with Crippen LogP contribution in [-0.4, -0.2) is 22.3 Å². The van der Waals surface area contributed by atoms with E-state index >= 15 is 0 Å². The van der Waals surface area contributed by atoms with Gasteiger partial charge in [-0.05, 0) is 37.0 Å². The van der Waals surface area contributed by atoms with Gasteiger partial charge < -0.3 is 5.11 Å². The number of benzene rings is 1. The van der Waals surface area contributed by atoms with E-state index in [1.165, 1.54) is 63.9 Å². The molecule has 0 radical (unpaired) electrons. The van der Waals surface area contributed by atoms with E-state index in [4.69, 9.17) is 22.0 Å². The Kier molecular flexibility index (Phi) is 15.1. The molecule has 35 heavy (non-hydrogen) atoms. The van der Waals surface area contributed by atoms with Crippen molar-refractivity contribution in [1.29, 1.82) is 0 Å². The third-order valence-corrected chi connectivity index (χ3v) is 7.98. The summed E-state index contributed by atoms with van der Waals surface area (Å²) in [7, 11) is 9.87. The van der Waals surface area contributed by atoms with E-state index in [1.54, 1.807) is 12.3 Å². The molecule has 3 atom stereocenters. The number of aromatic hydroxyl groups is 1. The van der Waals surface area contributed by atoms with Crippen molar-refractivity contribution in [2.45, 2.75) is 116 Å². The molecule has 0 spiro atoms. The molecule has 0 bridgehead atoms. The molecule has 5 nitrogen and oxygen atoms in total. The van der Waals surface area contributed by atoms with Crippen molar-refractivity contribution in [3.63, 3.8) is 0 Å². The summed E-state index contributed by atoms with van der Waals surface area (Å²) in [5.74, 6) is 1.51. The standard InChI is InChI=1S/C27H42N2O3.2ClH.Zr/c1-20-13-12-16-26(21(20)2)28-19-23-17-24(29(31)32)18-25(27(23)30)22-14-10-8-6-4-3-5-7-9-11-15-22;;;/h17-22,26,30H,3-16H2,1-2H3;2*1H;/q;;;+2/p-2. The van der Waals surface area contributed by atoms with Gasteiger partial charge in [0, 0.05) is 29.5 Å². The molecule has 1 aromatic rings. The van der Waals surface area contributed by atoms with Crippen molar-refractivity contribution < 1.29 is 30.9 Å². The van der Waals surface area contributed by atoms with Gasteiger partial charge in [-0.15, -0.1) is 0 Å². The average Bonchev–Trinajstić information content (AvgIpc) is 2.82. The zero-order valence-corrected chi connectivity index (χ0v) is 25.3. The van der Waals surface area contributed by atoms with Gasteiger partial charge in [0.15, 0.2) is 0 Å². The number of rotatable bonds is 4. The number of aliphatic imine (C=N–C) groups is 1. The van der Waals surface area contributed by atoms with Gasteiger partial charge in [-0.2, -0.15) is 0 Å². The zero-order valence-electron chi connectivity index (χ0n) is 21.4. The van der Waals surface area contributed by atoms with Crippen LogP contribution >= 0.6 is 17.0 Å². The molecule has 0 aliphatic heterocycles. The summed E-state index contributed by atoms with van der Waals surface area (Å²) in [6.45, 7) is 4.52. The SMILES string of the molecule is CC1CCCC(N=Cc2cc([N+](=O)[O-])cc(C3CCCCCCCCCCC3)c2O)C1C.[Cl][Zr][Cl]. The van der Waals surface area contributed by atoms with Gasteiger partial charge in [0.05, 0.1) is 11.0 Å². The molecular formula is C27H42Cl2N2O3Zr. The van der Waals surface area contributed by atoms with E-state index in [-0.39, 0.29) is 28.3 Å². The molecule has 0 amide bonds. The van der Waals surface area contributed by atoms with Crippen molar-refractivity contribution in [3.05, 3.63) is 33.4 Å². The van der Waals surface area contributed by atoms with Gasteiger partial charge in [-0.1, -0.05) is 84.5 Å². The maximum absolute atomic E-state index is 11.7. The van der Waals surface area contributed by atoms with Gasteiger partial charge in [0.2, 0.25) is 0 Å². The fraction of sp³-hybridized carbons (Fsp3) is 0.741. The second-order valence-electron chi connectivity index (χ2n) is 10.4. The van der Waals surface area contributed by atoms with Crippen LogP contribution in [0.2, 0.25) is 0 Å². The summed E-state index contributed by atoms with van der Waals surface area (Å²) < 4.78 is 0. The van der Waals surface area contributed by atoms with Gasteiger partial charge in [-0.25, -0.2) is 0 Å². The molecule has 8 heteroatoms. The van der Waals surface area contributed by atoms with E-state index in [0.717, 1.165) is 37.7 Å². The van der Waals surface area contributed by atoms with E-state index in [2.05, 4.69) is 13.8 Å². The summed E-state index contributed by atoms with van der Waals surface area (Å²) in [5, 5.41) is 22.9. The number of nitro benzene ring substituents is 1. The molecule has 2 aliphatic rings. The summed E-state index contributed by atoms with van der Waals surface area (Å²) >= 11 is -0.826. The van der Waals surface area contributed by atoms with Gasteiger partial charge in [0.1, 0.15) is 5.75 Å². The molecule has 3 unspecified atom stereocenters. The topological polar surface area (TPSA) is 75.7 Å². The second-order valence-corrected chi connectivity index (χ2v) is 14.1. The van der Waals surface area contributed by atoms with Crippen LogP contribution in [0.25, 0.3) is 0 Å². The molecule has 0 aromatic heterocycles. The van der Waals surface area contributed by atoms with Crippen molar-refractivity contribution >= 4 is 28.9 Å². The van der Waals surface area contributed by atoms with Crippen LogP contribution in [0.15, 0.2) is 17.1 Å². The zero-order chi connectivity index (χ0) is 25.6. The first kappa shape index (κ1) is 30.8. The Morgan fingerprint density at radius 1 is 0.943 bits per heavy atom. The van der Waals surface area contributed by atoms with Crippen LogP contribution in [-0.2, 0) is 20.8 Å². The Morgan fingerprint density at radius 2 is 1.49 bits per heavy atom. The number of phenolic OH excluding ortho intramolecular Hbond substituents is 1. The van der Waals surface area contributed by atoms with Crippen LogP contribution in [0, 0.1) is 22.0 Å². The first-order valence-electron chi connectivity index (χ1n) is 13.4. The number of non-ortho nitro benzene ring substituents is 1. The number of phenols is 1. The summed E-state index contributed by atoms with van der Waals surface area (Å²) in [5.41, 5.74) is 1.32. The maximum atomic E-state index is 11.7. The first-order chi connectivity index (χ1) is 16.9. The molecular weight excluding hydrogens is 562 g/mol. The number of hydrogen-bond acceptors (Lipinski definition) is 4. The van der Waals surface area contributed by atoms with Gasteiger partial charge >= 0.3 is 37.9 Å². The number of halogens is 2. The molecule has 2 aliphatic carbocycles. The predicted molar refractivity (Wildman–Crippen MR) is 144 cm³/mol. The van der Waals surface area contributed by atoms with Gasteiger partial charge in [0.25, 0.3) is 5.69 Å². The third kappa shape index (κ3) is 10.4. The summed E-state index contributed by atoms with van der Waals surface area (Å²) in [4.78, 5) is 16.2. The summed E-state index contributed by atoms with van der Waals surface area (Å²) in [6.07, 6.45) is 18.3. The predicted octanol–water partition coefficient (Wildman–Crippen LogP) is 9.31. The van der Waals surface area contributed by atoms with Crippen LogP contribution < -0.4 is 0 Å². The number of nitro groups is 1. The molecule has 196 valence electrons. The average molecular weight is 605 g/mol. The molecule has 0 saturated heterocycles. The number of nitrogens with zero attached hydrogens (tertiary/aromatic N) is 2. The van der Waals surface area contributed by atoms with Crippen LogP contribution in [0.5, 0.6) is 5.75 Å². The Morgan fingerprint density at radius 3 is 2.03 bits per heavy atom. The van der Waals surface area contributed by atoms with Gasteiger partial charge in [-0.3, -0.25) is 15.1 Å².